The lowest BCUT2D eigenvalue weighted by Crippen LogP contribution is -2.03. The summed E-state index contributed by atoms with van der Waals surface area (Å²) in [6.45, 7) is 0.875. The number of hydrogen-bond donors (Lipinski definition) is 2. The van der Waals surface area contributed by atoms with Crippen LogP contribution in [0.1, 0.15) is 25.7 Å². The van der Waals surface area contributed by atoms with E-state index in [1.807, 2.05) is 16.3 Å². The molecule has 1 heterocycles. The predicted octanol–water partition coefficient (Wildman–Crippen LogP) is 2.45. The monoisotopic (exact) mass is 246 g/mol. The minimum Gasteiger partial charge on any atom is -0.368 e. The maximum absolute atomic E-state index is 5.65. The number of hydrogen-bond acceptors (Lipinski definition) is 4. The highest BCUT2D eigenvalue weighted by atomic mass is 32.2. The topological polar surface area (TPSA) is 59.6 Å². The van der Waals surface area contributed by atoms with E-state index in [4.69, 9.17) is 18.0 Å². The van der Waals surface area contributed by atoms with Gasteiger partial charge in [-0.25, -0.2) is 5.10 Å². The highest BCUT2D eigenvalue weighted by Crippen LogP contribution is 2.07. The molecule has 0 fully saturated rings. The lowest BCUT2D eigenvalue weighted by Gasteiger charge is -2.03. The van der Waals surface area contributed by atoms with Gasteiger partial charge in [-0.2, -0.15) is 11.8 Å². The molecule has 0 radical (unpaired) electrons. The van der Waals surface area contributed by atoms with Crippen LogP contribution < -0.4 is 5.73 Å². The molecule has 0 bridgehead atoms. The maximum Gasteiger partial charge on any atom is 0.220 e. The molecule has 86 valence electrons. The number of rotatable bonds is 7. The summed E-state index contributed by atoms with van der Waals surface area (Å²) >= 11 is 6.96. The molecule has 4 nitrogen and oxygen atoms in total. The number of aromatic amines is 1. The van der Waals surface area contributed by atoms with Gasteiger partial charge in [0.1, 0.15) is 0 Å². The van der Waals surface area contributed by atoms with Crippen LogP contribution in [0.5, 0.6) is 0 Å². The number of anilines is 1. The van der Waals surface area contributed by atoms with Crippen molar-refractivity contribution < 1.29 is 0 Å². The van der Waals surface area contributed by atoms with Crippen LogP contribution in [-0.4, -0.2) is 26.8 Å². The lowest BCUT2D eigenvalue weighted by molar-refractivity contribution is 0.583. The molecule has 0 unspecified atom stereocenters. The van der Waals surface area contributed by atoms with E-state index in [0.29, 0.717) is 10.7 Å². The summed E-state index contributed by atoms with van der Waals surface area (Å²) < 4.78 is 2.47. The summed E-state index contributed by atoms with van der Waals surface area (Å²) in [4.78, 5) is 0. The van der Waals surface area contributed by atoms with Crippen molar-refractivity contribution in [2.75, 3.05) is 17.7 Å². The van der Waals surface area contributed by atoms with Crippen molar-refractivity contribution in [2.45, 2.75) is 32.2 Å². The van der Waals surface area contributed by atoms with E-state index in [-0.39, 0.29) is 0 Å². The van der Waals surface area contributed by atoms with Gasteiger partial charge in [0, 0.05) is 6.54 Å². The van der Waals surface area contributed by atoms with Gasteiger partial charge in [-0.1, -0.05) is 12.8 Å². The SMILES string of the molecule is CSCCCCCCn1c(N)n[nH]c1=S. The quantitative estimate of drug-likeness (QED) is 0.573. The van der Waals surface area contributed by atoms with Gasteiger partial charge in [-0.3, -0.25) is 4.57 Å². The summed E-state index contributed by atoms with van der Waals surface area (Å²) in [6, 6.07) is 0. The van der Waals surface area contributed by atoms with Crippen LogP contribution in [0.15, 0.2) is 0 Å². The van der Waals surface area contributed by atoms with Crippen molar-refractivity contribution >= 4 is 29.9 Å². The molecule has 3 N–H and O–H groups in total. The molecule has 0 aliphatic carbocycles. The summed E-state index contributed by atoms with van der Waals surface area (Å²) in [5.41, 5.74) is 5.65. The van der Waals surface area contributed by atoms with E-state index in [2.05, 4.69) is 16.5 Å². The Morgan fingerprint density at radius 3 is 2.73 bits per heavy atom. The van der Waals surface area contributed by atoms with E-state index in [1.165, 1.54) is 25.0 Å². The molecule has 1 aromatic rings. The van der Waals surface area contributed by atoms with Crippen LogP contribution in [0.4, 0.5) is 5.95 Å². The standard InChI is InChI=1S/C9H18N4S2/c1-15-7-5-3-2-4-6-13-8(10)11-12-9(13)14/h2-7H2,1H3,(H2,10,11)(H,12,14). The second kappa shape index (κ2) is 6.90. The van der Waals surface area contributed by atoms with Crippen LogP contribution >= 0.6 is 24.0 Å². The average Bonchev–Trinajstić information content (AvgIpc) is 2.54. The molecule has 0 aliphatic rings. The molecule has 0 spiro atoms. The number of nitrogens with two attached hydrogens (primary N) is 1. The molecule has 1 aromatic heterocycles. The number of thioether (sulfide) groups is 1. The molecule has 0 saturated carbocycles. The first-order valence-electron chi connectivity index (χ1n) is 5.15. The Morgan fingerprint density at radius 2 is 2.13 bits per heavy atom. The van der Waals surface area contributed by atoms with Crippen molar-refractivity contribution in [3.05, 3.63) is 4.77 Å². The molecule has 6 heteroatoms. The second-order valence-electron chi connectivity index (χ2n) is 3.45. The van der Waals surface area contributed by atoms with Crippen molar-refractivity contribution in [1.29, 1.82) is 0 Å². The van der Waals surface area contributed by atoms with Crippen LogP contribution in [0.3, 0.4) is 0 Å². The Labute approximate surface area is 99.6 Å². The molecule has 0 saturated heterocycles. The van der Waals surface area contributed by atoms with Crippen LogP contribution in [0, 0.1) is 4.77 Å². The first kappa shape index (κ1) is 12.6. The lowest BCUT2D eigenvalue weighted by atomic mass is 10.2. The van der Waals surface area contributed by atoms with Crippen molar-refractivity contribution in [2.24, 2.45) is 0 Å². The molecule has 0 atom stereocenters. The number of nitrogens with zero attached hydrogens (tertiary/aromatic N) is 2. The fourth-order valence-corrected chi connectivity index (χ4v) is 2.14. The third kappa shape index (κ3) is 4.25. The first-order chi connectivity index (χ1) is 7.25. The van der Waals surface area contributed by atoms with Gasteiger partial charge < -0.3 is 5.73 Å². The Hall–Kier alpha value is -0.490. The summed E-state index contributed by atoms with van der Waals surface area (Å²) in [5, 5.41) is 6.55. The zero-order chi connectivity index (χ0) is 11.1. The van der Waals surface area contributed by atoms with Crippen LogP contribution in [-0.2, 0) is 6.54 Å². The Bertz CT molecular complexity index is 331. The fourth-order valence-electron chi connectivity index (χ4n) is 1.42. The van der Waals surface area contributed by atoms with E-state index in [9.17, 15) is 0 Å². The summed E-state index contributed by atoms with van der Waals surface area (Å²) in [7, 11) is 0. The van der Waals surface area contributed by atoms with E-state index < -0.39 is 0 Å². The highest BCUT2D eigenvalue weighted by molar-refractivity contribution is 7.98. The van der Waals surface area contributed by atoms with Gasteiger partial charge in [0.2, 0.25) is 5.95 Å². The van der Waals surface area contributed by atoms with Crippen molar-refractivity contribution in [1.82, 2.24) is 14.8 Å². The molecule has 15 heavy (non-hydrogen) atoms. The van der Waals surface area contributed by atoms with Gasteiger partial charge in [0.25, 0.3) is 0 Å². The van der Waals surface area contributed by atoms with Crippen molar-refractivity contribution in [3.63, 3.8) is 0 Å². The molecule has 0 aliphatic heterocycles. The highest BCUT2D eigenvalue weighted by Gasteiger charge is 2.00. The van der Waals surface area contributed by atoms with Gasteiger partial charge >= 0.3 is 0 Å². The van der Waals surface area contributed by atoms with Gasteiger partial charge in [-0.15, -0.1) is 5.10 Å². The fraction of sp³-hybridized carbons (Fsp3) is 0.778. The van der Waals surface area contributed by atoms with Crippen LogP contribution in [0.2, 0.25) is 0 Å². The Kier molecular flexibility index (Phi) is 5.78. The number of aromatic nitrogens is 3. The number of unbranched alkanes of at least 4 members (excludes halogenated alkanes) is 3. The normalized spacial score (nSPS) is 10.7. The minimum absolute atomic E-state index is 0.490. The first-order valence-corrected chi connectivity index (χ1v) is 6.95. The Morgan fingerprint density at radius 1 is 1.40 bits per heavy atom. The average molecular weight is 246 g/mol. The van der Waals surface area contributed by atoms with Gasteiger partial charge in [0.15, 0.2) is 4.77 Å². The number of H-pyrrole nitrogens is 1. The van der Waals surface area contributed by atoms with Crippen LogP contribution in [0.25, 0.3) is 0 Å². The van der Waals surface area contributed by atoms with E-state index in [1.54, 1.807) is 0 Å². The summed E-state index contributed by atoms with van der Waals surface area (Å²) in [5.74, 6) is 1.75. The van der Waals surface area contributed by atoms with Crippen molar-refractivity contribution in [3.8, 4) is 0 Å². The number of nitrogen functional groups attached to an aromatic ring is 1. The molecular formula is C9H18N4S2. The maximum atomic E-state index is 5.65. The minimum atomic E-state index is 0.490. The predicted molar refractivity (Wildman–Crippen MR) is 68.7 cm³/mol. The molecule has 0 amide bonds. The largest absolute Gasteiger partial charge is 0.368 e. The third-order valence-corrected chi connectivity index (χ3v) is 3.28. The summed E-state index contributed by atoms with van der Waals surface area (Å²) in [6.07, 6.45) is 7.07. The molecular weight excluding hydrogens is 228 g/mol. The molecule has 1 rings (SSSR count). The zero-order valence-corrected chi connectivity index (χ0v) is 10.7. The zero-order valence-electron chi connectivity index (χ0n) is 9.03. The third-order valence-electron chi connectivity index (χ3n) is 2.27. The van der Waals surface area contributed by atoms with E-state index >= 15 is 0 Å². The Balaban J connectivity index is 2.18. The number of nitrogens with one attached hydrogen (secondary N) is 1. The molecule has 0 aromatic carbocycles. The smallest absolute Gasteiger partial charge is 0.220 e. The van der Waals surface area contributed by atoms with Gasteiger partial charge in [-0.05, 0) is 37.1 Å². The van der Waals surface area contributed by atoms with Gasteiger partial charge in [0.05, 0.1) is 0 Å². The van der Waals surface area contributed by atoms with E-state index in [0.717, 1.165) is 13.0 Å². The second-order valence-corrected chi connectivity index (χ2v) is 4.82.